The summed E-state index contributed by atoms with van der Waals surface area (Å²) < 4.78 is 0. The van der Waals surface area contributed by atoms with Gasteiger partial charge >= 0.3 is 0 Å². The second-order valence-corrected chi connectivity index (χ2v) is 9.17. The number of likely N-dealkylation sites (tertiary alicyclic amines) is 2. The van der Waals surface area contributed by atoms with E-state index in [1.807, 2.05) is 47.5 Å². The number of rotatable bonds is 4. The zero-order valence-corrected chi connectivity index (χ0v) is 18.4. The van der Waals surface area contributed by atoms with Crippen LogP contribution >= 0.6 is 0 Å². The van der Waals surface area contributed by atoms with Gasteiger partial charge in [0.05, 0.1) is 11.1 Å². The zero-order valence-electron chi connectivity index (χ0n) is 18.4. The van der Waals surface area contributed by atoms with E-state index in [1.54, 1.807) is 12.3 Å². The number of pyridine rings is 2. The van der Waals surface area contributed by atoms with Crippen LogP contribution < -0.4 is 0 Å². The molecule has 5 rings (SSSR count). The summed E-state index contributed by atoms with van der Waals surface area (Å²) in [5, 5.41) is 12.4. The summed E-state index contributed by atoms with van der Waals surface area (Å²) in [5.74, 6) is -0.0518. The number of hydrogen-bond acceptors (Lipinski definition) is 5. The molecule has 0 spiro atoms. The molecule has 2 aromatic heterocycles. The van der Waals surface area contributed by atoms with E-state index in [9.17, 15) is 9.90 Å². The van der Waals surface area contributed by atoms with Gasteiger partial charge in [0.2, 0.25) is 0 Å². The number of nitrogens with zero attached hydrogens (tertiary/aromatic N) is 4. The third-order valence-electron chi connectivity index (χ3n) is 6.98. The van der Waals surface area contributed by atoms with Gasteiger partial charge < -0.3 is 10.0 Å². The summed E-state index contributed by atoms with van der Waals surface area (Å²) in [5.41, 5.74) is 1.76. The highest BCUT2D eigenvalue weighted by Gasteiger charge is 2.38. The smallest absolute Gasteiger partial charge is 0.272 e. The van der Waals surface area contributed by atoms with E-state index in [0.717, 1.165) is 30.3 Å². The fourth-order valence-electron chi connectivity index (χ4n) is 5.14. The van der Waals surface area contributed by atoms with Gasteiger partial charge in [0.1, 0.15) is 5.69 Å². The van der Waals surface area contributed by atoms with E-state index in [1.165, 1.54) is 12.0 Å². The van der Waals surface area contributed by atoms with Crippen LogP contribution in [0.15, 0.2) is 60.9 Å². The SMILES string of the molecule is O=C(c1ccc2ccccc2n1)N1CCC(O)(CN2CCCCC2c2cccnc2)CC1. The van der Waals surface area contributed by atoms with Crippen LogP contribution in [-0.4, -0.2) is 62.6 Å². The van der Waals surface area contributed by atoms with Crippen LogP contribution in [0.1, 0.15) is 54.2 Å². The van der Waals surface area contributed by atoms with Gasteiger partial charge in [-0.3, -0.25) is 14.7 Å². The molecule has 166 valence electrons. The molecule has 0 bridgehead atoms. The Labute approximate surface area is 188 Å². The number of aromatic nitrogens is 2. The van der Waals surface area contributed by atoms with Crippen molar-refractivity contribution in [1.29, 1.82) is 0 Å². The van der Waals surface area contributed by atoms with Crippen LogP contribution in [0.2, 0.25) is 0 Å². The number of hydrogen-bond donors (Lipinski definition) is 1. The molecule has 0 aliphatic carbocycles. The first kappa shape index (κ1) is 21.0. The van der Waals surface area contributed by atoms with Gasteiger partial charge in [-0.15, -0.1) is 0 Å². The van der Waals surface area contributed by atoms with Crippen molar-refractivity contribution in [2.45, 2.75) is 43.7 Å². The Balaban J connectivity index is 1.24. The normalized spacial score (nSPS) is 21.5. The third kappa shape index (κ3) is 4.38. The molecule has 4 heterocycles. The highest BCUT2D eigenvalue weighted by molar-refractivity contribution is 5.95. The van der Waals surface area contributed by atoms with Crippen molar-refractivity contribution in [1.82, 2.24) is 19.8 Å². The average molecular weight is 431 g/mol. The Morgan fingerprint density at radius 3 is 2.69 bits per heavy atom. The lowest BCUT2D eigenvalue weighted by Crippen LogP contribution is -2.53. The largest absolute Gasteiger partial charge is 0.388 e. The molecule has 1 unspecified atom stereocenters. The first-order valence-electron chi connectivity index (χ1n) is 11.6. The lowest BCUT2D eigenvalue weighted by atomic mass is 9.88. The van der Waals surface area contributed by atoms with Crippen LogP contribution in [0.4, 0.5) is 0 Å². The first-order valence-corrected chi connectivity index (χ1v) is 11.6. The average Bonchev–Trinajstić information content (AvgIpc) is 2.84. The lowest BCUT2D eigenvalue weighted by Gasteiger charge is -2.44. The molecular weight excluding hydrogens is 400 g/mol. The van der Waals surface area contributed by atoms with Gasteiger partial charge in [0.25, 0.3) is 5.91 Å². The highest BCUT2D eigenvalue weighted by Crippen LogP contribution is 2.34. The minimum absolute atomic E-state index is 0.0518. The molecule has 1 N–H and O–H groups in total. The number of para-hydroxylation sites is 1. The van der Waals surface area contributed by atoms with E-state index >= 15 is 0 Å². The molecule has 0 radical (unpaired) electrons. The standard InChI is InChI=1S/C26H30N4O2/c31-25(23-11-10-20-6-1-2-8-22(20)28-23)29-16-12-26(32,13-17-29)19-30-15-4-3-9-24(30)21-7-5-14-27-18-21/h1-2,5-8,10-11,14,18,24,32H,3-4,9,12-13,15-17,19H2. The van der Waals surface area contributed by atoms with E-state index in [4.69, 9.17) is 0 Å². The molecule has 1 aromatic carbocycles. The minimum Gasteiger partial charge on any atom is -0.388 e. The predicted molar refractivity (Wildman–Crippen MR) is 124 cm³/mol. The van der Waals surface area contributed by atoms with Crippen molar-refractivity contribution in [3.63, 3.8) is 0 Å². The summed E-state index contributed by atoms with van der Waals surface area (Å²) in [6, 6.07) is 16.0. The Morgan fingerprint density at radius 2 is 1.88 bits per heavy atom. The van der Waals surface area contributed by atoms with E-state index in [0.29, 0.717) is 44.2 Å². The molecule has 1 atom stereocenters. The molecule has 6 heteroatoms. The summed E-state index contributed by atoms with van der Waals surface area (Å²) in [4.78, 5) is 26.2. The topological polar surface area (TPSA) is 69.6 Å². The van der Waals surface area contributed by atoms with Crippen molar-refractivity contribution in [2.24, 2.45) is 0 Å². The second-order valence-electron chi connectivity index (χ2n) is 9.17. The molecule has 3 aromatic rings. The van der Waals surface area contributed by atoms with Crippen LogP contribution in [0.5, 0.6) is 0 Å². The number of amides is 1. The number of fused-ring (bicyclic) bond motifs is 1. The Morgan fingerprint density at radius 1 is 1.03 bits per heavy atom. The van der Waals surface area contributed by atoms with Crippen molar-refractivity contribution in [3.05, 3.63) is 72.2 Å². The highest BCUT2D eigenvalue weighted by atomic mass is 16.3. The van der Waals surface area contributed by atoms with Gasteiger partial charge in [-0.05, 0) is 56.0 Å². The summed E-state index contributed by atoms with van der Waals surface area (Å²) in [6.07, 6.45) is 8.39. The molecule has 1 amide bonds. The van der Waals surface area contributed by atoms with Gasteiger partial charge in [-0.2, -0.15) is 0 Å². The van der Waals surface area contributed by atoms with E-state index < -0.39 is 5.60 Å². The summed E-state index contributed by atoms with van der Waals surface area (Å²) in [6.45, 7) is 2.73. The number of carbonyl (C=O) groups is 1. The summed E-state index contributed by atoms with van der Waals surface area (Å²) in [7, 11) is 0. The second kappa shape index (κ2) is 8.96. The maximum atomic E-state index is 13.0. The predicted octanol–water partition coefficient (Wildman–Crippen LogP) is 3.82. The van der Waals surface area contributed by atoms with Crippen molar-refractivity contribution >= 4 is 16.8 Å². The van der Waals surface area contributed by atoms with Crippen molar-refractivity contribution in [2.75, 3.05) is 26.2 Å². The van der Waals surface area contributed by atoms with Crippen LogP contribution in [0.3, 0.4) is 0 Å². The fraction of sp³-hybridized carbons (Fsp3) is 0.423. The molecule has 2 aliphatic rings. The lowest BCUT2D eigenvalue weighted by molar-refractivity contribution is -0.0541. The molecule has 2 fully saturated rings. The van der Waals surface area contributed by atoms with Crippen LogP contribution in [0.25, 0.3) is 10.9 Å². The maximum Gasteiger partial charge on any atom is 0.272 e. The van der Waals surface area contributed by atoms with Gasteiger partial charge in [-0.25, -0.2) is 4.98 Å². The first-order chi connectivity index (χ1) is 15.6. The summed E-state index contributed by atoms with van der Waals surface area (Å²) >= 11 is 0. The van der Waals surface area contributed by atoms with Crippen LogP contribution in [0, 0.1) is 0 Å². The zero-order chi connectivity index (χ0) is 22.0. The number of aliphatic hydroxyl groups is 1. The van der Waals surface area contributed by atoms with Gasteiger partial charge in [0, 0.05) is 43.5 Å². The van der Waals surface area contributed by atoms with E-state index in [-0.39, 0.29) is 5.91 Å². The molecule has 0 saturated carbocycles. The van der Waals surface area contributed by atoms with Gasteiger partial charge in [-0.1, -0.05) is 36.8 Å². The van der Waals surface area contributed by atoms with Gasteiger partial charge in [0.15, 0.2) is 0 Å². The molecule has 32 heavy (non-hydrogen) atoms. The van der Waals surface area contributed by atoms with E-state index in [2.05, 4.69) is 20.9 Å². The minimum atomic E-state index is -0.772. The number of benzene rings is 1. The third-order valence-corrected chi connectivity index (χ3v) is 6.98. The number of piperidine rings is 2. The fourth-order valence-corrected chi connectivity index (χ4v) is 5.14. The number of β-amino-alcohol motifs (C(OH)–C–C–N with tert-alkyl or cyclic N) is 1. The van der Waals surface area contributed by atoms with Crippen LogP contribution in [-0.2, 0) is 0 Å². The van der Waals surface area contributed by atoms with Crippen molar-refractivity contribution in [3.8, 4) is 0 Å². The Bertz CT molecular complexity index is 1080. The Kier molecular flexibility index (Phi) is 5.89. The monoisotopic (exact) mass is 430 g/mol. The quantitative estimate of drug-likeness (QED) is 0.681. The van der Waals surface area contributed by atoms with Crippen molar-refractivity contribution < 1.29 is 9.90 Å². The molecule has 2 saturated heterocycles. The Hall–Kier alpha value is -2.83. The number of carbonyl (C=O) groups excluding carboxylic acids is 1. The maximum absolute atomic E-state index is 13.0. The molecular formula is C26H30N4O2. The molecule has 2 aliphatic heterocycles. The molecule has 6 nitrogen and oxygen atoms in total.